The van der Waals surface area contributed by atoms with Crippen molar-refractivity contribution in [3.05, 3.63) is 23.3 Å². The summed E-state index contributed by atoms with van der Waals surface area (Å²) in [5.41, 5.74) is 1.96. The van der Waals surface area contributed by atoms with E-state index in [9.17, 15) is 14.7 Å². The normalized spacial score (nSPS) is 18.2. The molecule has 1 aliphatic carbocycles. The predicted octanol–water partition coefficient (Wildman–Crippen LogP) is 3.88. The van der Waals surface area contributed by atoms with E-state index in [0.717, 1.165) is 56.1 Å². The molecule has 0 heterocycles. The molecule has 0 aromatic carbocycles. The maximum absolute atomic E-state index is 12.0. The zero-order valence-electron chi connectivity index (χ0n) is 14.5. The van der Waals surface area contributed by atoms with E-state index in [1.807, 2.05) is 6.08 Å². The van der Waals surface area contributed by atoms with Crippen LogP contribution in [0.2, 0.25) is 0 Å². The molecule has 0 saturated carbocycles. The molecular formula is C19H30O4. The van der Waals surface area contributed by atoms with Crippen molar-refractivity contribution in [2.45, 2.75) is 77.2 Å². The molecule has 130 valence electrons. The first kappa shape index (κ1) is 19.6. The highest BCUT2D eigenvalue weighted by molar-refractivity contribution is 6.02. The van der Waals surface area contributed by atoms with Crippen molar-refractivity contribution in [3.63, 3.8) is 0 Å². The Kier molecular flexibility index (Phi) is 9.53. The smallest absolute Gasteiger partial charge is 0.305 e. The topological polar surface area (TPSA) is 63.6 Å². The molecule has 0 fully saturated rings. The molecule has 0 bridgehead atoms. The number of hydrogen-bond donors (Lipinski definition) is 1. The molecule has 0 aliphatic heterocycles. The molecule has 0 saturated heterocycles. The Morgan fingerprint density at radius 2 is 1.91 bits per heavy atom. The number of ketones is 1. The molecule has 0 aromatic rings. The number of aliphatic hydroxyl groups excluding tert-OH is 1. The van der Waals surface area contributed by atoms with E-state index in [1.165, 1.54) is 7.11 Å². The molecule has 23 heavy (non-hydrogen) atoms. The molecule has 0 spiro atoms. The van der Waals surface area contributed by atoms with Gasteiger partial charge in [0.2, 0.25) is 0 Å². The van der Waals surface area contributed by atoms with Crippen LogP contribution in [0, 0.1) is 0 Å². The summed E-state index contributed by atoms with van der Waals surface area (Å²) < 4.78 is 4.61. The average Bonchev–Trinajstić information content (AvgIpc) is 2.81. The standard InChI is InChI=1S/C19H30O4/c1-3-4-8-12-16-15(14-17(20)19(16)22)11-9-6-5-7-10-13-18(21)23-2/h4,8,17,20H,3,5-7,9-14H2,1-2H3/b8-4-. The lowest BCUT2D eigenvalue weighted by atomic mass is 10.0. The molecule has 1 aliphatic rings. The zero-order valence-corrected chi connectivity index (χ0v) is 14.5. The number of methoxy groups -OCH3 is 1. The van der Waals surface area contributed by atoms with Crippen LogP contribution < -0.4 is 0 Å². The van der Waals surface area contributed by atoms with Gasteiger partial charge in [0, 0.05) is 18.4 Å². The van der Waals surface area contributed by atoms with Crippen LogP contribution in [0.1, 0.15) is 71.1 Å². The lowest BCUT2D eigenvalue weighted by Gasteiger charge is -2.05. The van der Waals surface area contributed by atoms with E-state index < -0.39 is 6.10 Å². The summed E-state index contributed by atoms with van der Waals surface area (Å²) in [7, 11) is 1.42. The summed E-state index contributed by atoms with van der Waals surface area (Å²) in [5, 5.41) is 9.78. The number of hydrogen-bond acceptors (Lipinski definition) is 4. The van der Waals surface area contributed by atoms with Gasteiger partial charge in [-0.2, -0.15) is 0 Å². The number of allylic oxidation sites excluding steroid dienone is 2. The average molecular weight is 322 g/mol. The molecule has 0 aromatic heterocycles. The first-order valence-electron chi connectivity index (χ1n) is 8.75. The highest BCUT2D eigenvalue weighted by atomic mass is 16.5. The van der Waals surface area contributed by atoms with Gasteiger partial charge in [-0.15, -0.1) is 0 Å². The Labute approximate surface area is 139 Å². The van der Waals surface area contributed by atoms with Gasteiger partial charge in [-0.3, -0.25) is 9.59 Å². The number of esters is 1. The van der Waals surface area contributed by atoms with E-state index >= 15 is 0 Å². The maximum atomic E-state index is 12.0. The highest BCUT2D eigenvalue weighted by Crippen LogP contribution is 2.30. The fourth-order valence-corrected chi connectivity index (χ4v) is 2.93. The van der Waals surface area contributed by atoms with E-state index in [0.29, 0.717) is 19.3 Å². The molecule has 1 atom stereocenters. The van der Waals surface area contributed by atoms with Crippen molar-refractivity contribution in [2.75, 3.05) is 7.11 Å². The van der Waals surface area contributed by atoms with Gasteiger partial charge in [0.15, 0.2) is 5.78 Å². The van der Waals surface area contributed by atoms with Crippen molar-refractivity contribution in [1.29, 1.82) is 0 Å². The van der Waals surface area contributed by atoms with Crippen LogP contribution in [0.4, 0.5) is 0 Å². The largest absolute Gasteiger partial charge is 0.469 e. The van der Waals surface area contributed by atoms with Gasteiger partial charge in [0.25, 0.3) is 0 Å². The lowest BCUT2D eigenvalue weighted by Crippen LogP contribution is -2.14. The minimum absolute atomic E-state index is 0.0844. The summed E-state index contributed by atoms with van der Waals surface area (Å²) in [6.07, 6.45) is 11.9. The number of carbonyl (C=O) groups excluding carboxylic acids is 2. The van der Waals surface area contributed by atoms with Crippen molar-refractivity contribution >= 4 is 11.8 Å². The SMILES string of the molecule is CC/C=C\CC1=C(CCCCCCCC(=O)OC)CC(O)C1=O. The van der Waals surface area contributed by atoms with Crippen molar-refractivity contribution in [1.82, 2.24) is 0 Å². The third-order valence-electron chi connectivity index (χ3n) is 4.28. The Morgan fingerprint density at radius 1 is 1.22 bits per heavy atom. The number of unbranched alkanes of at least 4 members (excludes halogenated alkanes) is 4. The summed E-state index contributed by atoms with van der Waals surface area (Å²) in [6.45, 7) is 2.07. The number of Topliss-reactive ketones (excluding diaryl/α,β-unsaturated/α-hetero) is 1. The Balaban J connectivity index is 2.29. The second-order valence-electron chi connectivity index (χ2n) is 6.09. The van der Waals surface area contributed by atoms with Crippen LogP contribution in [0.25, 0.3) is 0 Å². The van der Waals surface area contributed by atoms with Gasteiger partial charge in [-0.1, -0.05) is 43.9 Å². The molecule has 4 nitrogen and oxygen atoms in total. The molecule has 1 rings (SSSR count). The summed E-state index contributed by atoms with van der Waals surface area (Å²) in [6, 6.07) is 0. The van der Waals surface area contributed by atoms with Gasteiger partial charge in [-0.05, 0) is 32.1 Å². The number of aliphatic hydroxyl groups is 1. The van der Waals surface area contributed by atoms with Gasteiger partial charge in [0.05, 0.1) is 7.11 Å². The van der Waals surface area contributed by atoms with Crippen molar-refractivity contribution in [2.24, 2.45) is 0 Å². The monoisotopic (exact) mass is 322 g/mol. The van der Waals surface area contributed by atoms with Gasteiger partial charge in [-0.25, -0.2) is 0 Å². The fraction of sp³-hybridized carbons (Fsp3) is 0.684. The summed E-state index contributed by atoms with van der Waals surface area (Å²) in [4.78, 5) is 23.0. The molecule has 0 amide bonds. The number of ether oxygens (including phenoxy) is 1. The third-order valence-corrected chi connectivity index (χ3v) is 4.28. The van der Waals surface area contributed by atoms with Crippen LogP contribution in [0.5, 0.6) is 0 Å². The molecule has 1 unspecified atom stereocenters. The quantitative estimate of drug-likeness (QED) is 0.356. The Bertz CT molecular complexity index is 448. The van der Waals surface area contributed by atoms with Gasteiger partial charge < -0.3 is 9.84 Å². The lowest BCUT2D eigenvalue weighted by molar-refractivity contribution is -0.140. The second kappa shape index (κ2) is 11.2. The van der Waals surface area contributed by atoms with E-state index in [4.69, 9.17) is 0 Å². The minimum Gasteiger partial charge on any atom is -0.469 e. The Hall–Kier alpha value is -1.42. The van der Waals surface area contributed by atoms with Gasteiger partial charge >= 0.3 is 5.97 Å². The van der Waals surface area contributed by atoms with E-state index in [2.05, 4.69) is 17.7 Å². The first-order chi connectivity index (χ1) is 11.1. The van der Waals surface area contributed by atoms with E-state index in [-0.39, 0.29) is 11.8 Å². The molecule has 1 N–H and O–H groups in total. The van der Waals surface area contributed by atoms with Crippen LogP contribution in [0.15, 0.2) is 23.3 Å². The second-order valence-corrected chi connectivity index (χ2v) is 6.09. The third kappa shape index (κ3) is 7.12. The van der Waals surface area contributed by atoms with E-state index in [1.54, 1.807) is 0 Å². The minimum atomic E-state index is -0.824. The van der Waals surface area contributed by atoms with Crippen molar-refractivity contribution < 1.29 is 19.4 Å². The van der Waals surface area contributed by atoms with Crippen LogP contribution in [-0.2, 0) is 14.3 Å². The Morgan fingerprint density at radius 3 is 2.61 bits per heavy atom. The first-order valence-corrected chi connectivity index (χ1v) is 8.75. The van der Waals surface area contributed by atoms with Crippen LogP contribution in [0.3, 0.4) is 0 Å². The van der Waals surface area contributed by atoms with Gasteiger partial charge in [0.1, 0.15) is 6.10 Å². The molecular weight excluding hydrogens is 292 g/mol. The molecule has 4 heteroatoms. The predicted molar refractivity (Wildman–Crippen MR) is 91.0 cm³/mol. The highest BCUT2D eigenvalue weighted by Gasteiger charge is 2.29. The van der Waals surface area contributed by atoms with Crippen LogP contribution in [-0.4, -0.2) is 30.1 Å². The summed E-state index contributed by atoms with van der Waals surface area (Å²) >= 11 is 0. The molecule has 0 radical (unpaired) electrons. The fourth-order valence-electron chi connectivity index (χ4n) is 2.93. The number of rotatable bonds is 11. The van der Waals surface area contributed by atoms with Crippen molar-refractivity contribution in [3.8, 4) is 0 Å². The maximum Gasteiger partial charge on any atom is 0.305 e. The van der Waals surface area contributed by atoms with Crippen LogP contribution >= 0.6 is 0 Å². The summed E-state index contributed by atoms with van der Waals surface area (Å²) in [5.74, 6) is -0.225. The number of carbonyl (C=O) groups is 2. The zero-order chi connectivity index (χ0) is 17.1.